The zero-order valence-corrected chi connectivity index (χ0v) is 10.9. The lowest BCUT2D eigenvalue weighted by Gasteiger charge is -2.06. The minimum atomic E-state index is -3.26. The molecule has 16 heavy (non-hydrogen) atoms. The molecule has 0 saturated carbocycles. The Balaban J connectivity index is 2.72. The van der Waals surface area contributed by atoms with E-state index < -0.39 is 10.0 Å². The molecule has 1 aromatic rings. The first-order chi connectivity index (χ1) is 7.40. The summed E-state index contributed by atoms with van der Waals surface area (Å²) < 4.78 is 24.2. The molecule has 1 rings (SSSR count). The second kappa shape index (κ2) is 5.31. The van der Waals surface area contributed by atoms with Crippen molar-refractivity contribution >= 4 is 43.2 Å². The van der Waals surface area contributed by atoms with Gasteiger partial charge in [-0.2, -0.15) is 0 Å². The molecular formula is C9H11BrN2O3S. The molecule has 0 atom stereocenters. The van der Waals surface area contributed by atoms with Crippen molar-refractivity contribution in [2.75, 3.05) is 21.6 Å². The zero-order valence-electron chi connectivity index (χ0n) is 8.53. The zero-order chi connectivity index (χ0) is 12.2. The SMILES string of the molecule is CS(=O)(=O)Nc1ccc(NC(=O)CBr)cc1. The van der Waals surface area contributed by atoms with Crippen LogP contribution in [0.2, 0.25) is 0 Å². The van der Waals surface area contributed by atoms with Crippen molar-refractivity contribution in [3.63, 3.8) is 0 Å². The first kappa shape index (κ1) is 13.0. The van der Waals surface area contributed by atoms with Crippen LogP contribution in [0.25, 0.3) is 0 Å². The number of rotatable bonds is 4. The van der Waals surface area contributed by atoms with Crippen LogP contribution in [0.5, 0.6) is 0 Å². The van der Waals surface area contributed by atoms with Crippen LogP contribution in [-0.2, 0) is 14.8 Å². The minimum Gasteiger partial charge on any atom is -0.325 e. The number of anilines is 2. The van der Waals surface area contributed by atoms with Crippen LogP contribution < -0.4 is 10.0 Å². The lowest BCUT2D eigenvalue weighted by Crippen LogP contribution is -2.12. The monoisotopic (exact) mass is 306 g/mol. The van der Waals surface area contributed by atoms with Gasteiger partial charge in [0, 0.05) is 11.4 Å². The molecule has 1 amide bonds. The van der Waals surface area contributed by atoms with Gasteiger partial charge in [-0.3, -0.25) is 9.52 Å². The van der Waals surface area contributed by atoms with Crippen molar-refractivity contribution in [2.45, 2.75) is 0 Å². The average molecular weight is 307 g/mol. The molecule has 0 aromatic heterocycles. The summed E-state index contributed by atoms with van der Waals surface area (Å²) in [5.41, 5.74) is 1.07. The van der Waals surface area contributed by atoms with E-state index in [0.29, 0.717) is 11.4 Å². The van der Waals surface area contributed by atoms with E-state index >= 15 is 0 Å². The lowest BCUT2D eigenvalue weighted by molar-refractivity contribution is -0.113. The molecule has 0 aliphatic heterocycles. The molecule has 0 radical (unpaired) electrons. The van der Waals surface area contributed by atoms with E-state index in [-0.39, 0.29) is 11.2 Å². The van der Waals surface area contributed by atoms with Crippen molar-refractivity contribution in [1.82, 2.24) is 0 Å². The van der Waals surface area contributed by atoms with Crippen molar-refractivity contribution in [1.29, 1.82) is 0 Å². The van der Waals surface area contributed by atoms with E-state index in [2.05, 4.69) is 26.0 Å². The maximum atomic E-state index is 11.0. The third kappa shape index (κ3) is 4.63. The normalized spacial score (nSPS) is 10.9. The van der Waals surface area contributed by atoms with Crippen molar-refractivity contribution in [3.8, 4) is 0 Å². The van der Waals surface area contributed by atoms with Gasteiger partial charge >= 0.3 is 0 Å². The van der Waals surface area contributed by atoms with Gasteiger partial charge in [-0.15, -0.1) is 0 Å². The first-order valence-corrected chi connectivity index (χ1v) is 7.35. The van der Waals surface area contributed by atoms with Crippen LogP contribution >= 0.6 is 15.9 Å². The molecular weight excluding hydrogens is 296 g/mol. The van der Waals surface area contributed by atoms with Gasteiger partial charge in [0.15, 0.2) is 0 Å². The molecule has 0 heterocycles. The summed E-state index contributed by atoms with van der Waals surface area (Å²) in [7, 11) is -3.26. The van der Waals surface area contributed by atoms with Gasteiger partial charge in [-0.05, 0) is 24.3 Å². The Hall–Kier alpha value is -1.08. The van der Waals surface area contributed by atoms with E-state index in [0.717, 1.165) is 6.26 Å². The van der Waals surface area contributed by atoms with Crippen molar-refractivity contribution < 1.29 is 13.2 Å². The standard InChI is InChI=1S/C9H11BrN2O3S/c1-16(14,15)12-8-4-2-7(3-5-8)11-9(13)6-10/h2-5,12H,6H2,1H3,(H,11,13). The van der Waals surface area contributed by atoms with Gasteiger partial charge in [0.2, 0.25) is 15.9 Å². The number of hydrogen-bond donors (Lipinski definition) is 2. The smallest absolute Gasteiger partial charge is 0.235 e. The summed E-state index contributed by atoms with van der Waals surface area (Å²) in [4.78, 5) is 11.0. The fourth-order valence-corrected chi connectivity index (χ4v) is 1.73. The number of carbonyl (C=O) groups excluding carboxylic acids is 1. The number of alkyl halides is 1. The Morgan fingerprint density at radius 3 is 2.19 bits per heavy atom. The summed E-state index contributed by atoms with van der Waals surface area (Å²) in [6.45, 7) is 0. The highest BCUT2D eigenvalue weighted by atomic mass is 79.9. The van der Waals surface area contributed by atoms with E-state index in [1.54, 1.807) is 24.3 Å². The molecule has 1 aromatic carbocycles. The van der Waals surface area contributed by atoms with Crippen LogP contribution in [0, 0.1) is 0 Å². The Morgan fingerprint density at radius 2 is 1.75 bits per heavy atom. The van der Waals surface area contributed by atoms with E-state index in [4.69, 9.17) is 0 Å². The highest BCUT2D eigenvalue weighted by Gasteiger charge is 2.02. The van der Waals surface area contributed by atoms with Gasteiger partial charge in [0.25, 0.3) is 0 Å². The fourth-order valence-electron chi connectivity index (χ4n) is 1.03. The van der Waals surface area contributed by atoms with Gasteiger partial charge in [-0.1, -0.05) is 15.9 Å². The third-order valence-corrected chi connectivity index (χ3v) is 2.71. The number of benzene rings is 1. The number of carbonyl (C=O) groups is 1. The molecule has 0 aliphatic rings. The Bertz CT molecular complexity index is 470. The van der Waals surface area contributed by atoms with Crippen molar-refractivity contribution in [2.24, 2.45) is 0 Å². The van der Waals surface area contributed by atoms with Crippen LogP contribution in [0.4, 0.5) is 11.4 Å². The molecule has 2 N–H and O–H groups in total. The second-order valence-electron chi connectivity index (χ2n) is 3.13. The number of nitrogens with one attached hydrogen (secondary N) is 2. The van der Waals surface area contributed by atoms with E-state index in [9.17, 15) is 13.2 Å². The number of sulfonamides is 1. The largest absolute Gasteiger partial charge is 0.325 e. The summed E-state index contributed by atoms with van der Waals surface area (Å²) in [5.74, 6) is -0.163. The number of hydrogen-bond acceptors (Lipinski definition) is 3. The summed E-state index contributed by atoms with van der Waals surface area (Å²) in [6.07, 6.45) is 1.08. The molecule has 0 aliphatic carbocycles. The molecule has 0 saturated heterocycles. The summed E-state index contributed by atoms with van der Waals surface area (Å²) >= 11 is 3.02. The van der Waals surface area contributed by atoms with Crippen LogP contribution in [0.1, 0.15) is 0 Å². The average Bonchev–Trinajstić information content (AvgIpc) is 2.18. The lowest BCUT2D eigenvalue weighted by atomic mass is 10.3. The van der Waals surface area contributed by atoms with Gasteiger partial charge in [-0.25, -0.2) is 8.42 Å². The maximum Gasteiger partial charge on any atom is 0.235 e. The van der Waals surface area contributed by atoms with Gasteiger partial charge < -0.3 is 5.32 Å². The summed E-state index contributed by atoms with van der Waals surface area (Å²) in [5, 5.41) is 2.84. The highest BCUT2D eigenvalue weighted by Crippen LogP contribution is 2.14. The molecule has 0 unspecified atom stereocenters. The molecule has 0 fully saturated rings. The fraction of sp³-hybridized carbons (Fsp3) is 0.222. The molecule has 88 valence electrons. The second-order valence-corrected chi connectivity index (χ2v) is 5.44. The van der Waals surface area contributed by atoms with Gasteiger partial charge in [0.1, 0.15) is 0 Å². The topological polar surface area (TPSA) is 75.3 Å². The molecule has 7 heteroatoms. The molecule has 0 spiro atoms. The Morgan fingerprint density at radius 1 is 1.25 bits per heavy atom. The molecule has 0 bridgehead atoms. The predicted molar refractivity (Wildman–Crippen MR) is 67.3 cm³/mol. The predicted octanol–water partition coefficient (Wildman–Crippen LogP) is 1.39. The van der Waals surface area contributed by atoms with E-state index in [1.807, 2.05) is 0 Å². The first-order valence-electron chi connectivity index (χ1n) is 4.34. The van der Waals surface area contributed by atoms with Crippen LogP contribution in [0.15, 0.2) is 24.3 Å². The molecule has 5 nitrogen and oxygen atoms in total. The maximum absolute atomic E-state index is 11.0. The number of halogens is 1. The van der Waals surface area contributed by atoms with Crippen molar-refractivity contribution in [3.05, 3.63) is 24.3 Å². The third-order valence-electron chi connectivity index (χ3n) is 1.59. The highest BCUT2D eigenvalue weighted by molar-refractivity contribution is 9.09. The number of amides is 1. The van der Waals surface area contributed by atoms with Crippen LogP contribution in [-0.4, -0.2) is 25.9 Å². The van der Waals surface area contributed by atoms with Gasteiger partial charge in [0.05, 0.1) is 11.6 Å². The Kier molecular flexibility index (Phi) is 4.31. The minimum absolute atomic E-state index is 0.163. The summed E-state index contributed by atoms with van der Waals surface area (Å²) in [6, 6.07) is 6.39. The van der Waals surface area contributed by atoms with Crippen LogP contribution in [0.3, 0.4) is 0 Å². The quantitative estimate of drug-likeness (QED) is 0.826. The van der Waals surface area contributed by atoms with E-state index in [1.165, 1.54) is 0 Å². The Labute approximate surface area is 102 Å².